The van der Waals surface area contributed by atoms with Crippen LogP contribution >= 0.6 is 11.3 Å². The van der Waals surface area contributed by atoms with Crippen molar-refractivity contribution in [2.45, 2.75) is 31.2 Å². The van der Waals surface area contributed by atoms with E-state index in [9.17, 15) is 22.0 Å². The zero-order valence-electron chi connectivity index (χ0n) is 18.0. The molecule has 0 N–H and O–H groups in total. The van der Waals surface area contributed by atoms with E-state index >= 15 is 0 Å². The van der Waals surface area contributed by atoms with Gasteiger partial charge in [0.05, 0.1) is 15.1 Å². The third-order valence-electron chi connectivity index (χ3n) is 5.56. The first-order valence-corrected chi connectivity index (χ1v) is 12.7. The van der Waals surface area contributed by atoms with Gasteiger partial charge in [0.25, 0.3) is 5.91 Å². The number of carbonyl (C=O) groups is 1. The van der Waals surface area contributed by atoms with Crippen molar-refractivity contribution in [2.75, 3.05) is 13.1 Å². The van der Waals surface area contributed by atoms with E-state index in [1.807, 2.05) is 6.92 Å². The van der Waals surface area contributed by atoms with Gasteiger partial charge < -0.3 is 4.57 Å². The summed E-state index contributed by atoms with van der Waals surface area (Å²) in [6.45, 7) is 6.81. The number of amides is 1. The van der Waals surface area contributed by atoms with Gasteiger partial charge >= 0.3 is 0 Å². The molecular weight excluding hydrogens is 468 g/mol. The average Bonchev–Trinajstić information content (AvgIpc) is 3.11. The number of aromatic nitrogens is 1. The Morgan fingerprint density at radius 3 is 2.67 bits per heavy atom. The first-order valence-electron chi connectivity index (χ1n) is 10.5. The molecule has 0 aliphatic carbocycles. The Balaban J connectivity index is 1.67. The van der Waals surface area contributed by atoms with E-state index in [0.29, 0.717) is 23.7 Å². The zero-order chi connectivity index (χ0) is 23.8. The van der Waals surface area contributed by atoms with Crippen LogP contribution in [0.25, 0.3) is 10.2 Å². The van der Waals surface area contributed by atoms with Crippen LogP contribution in [0.5, 0.6) is 0 Å². The first kappa shape index (κ1) is 23.5. The largest absolute Gasteiger partial charge is 0.310 e. The summed E-state index contributed by atoms with van der Waals surface area (Å²) < 4.78 is 57.1. The smallest absolute Gasteiger partial charge is 0.279 e. The highest BCUT2D eigenvalue weighted by molar-refractivity contribution is 7.89. The first-order chi connectivity index (χ1) is 15.7. The van der Waals surface area contributed by atoms with Crippen molar-refractivity contribution in [3.63, 3.8) is 0 Å². The summed E-state index contributed by atoms with van der Waals surface area (Å²) in [7, 11) is -3.64. The number of halogens is 2. The van der Waals surface area contributed by atoms with Gasteiger partial charge in [0.15, 0.2) is 10.6 Å². The summed E-state index contributed by atoms with van der Waals surface area (Å²) in [6.07, 6.45) is 3.35. The molecule has 0 bridgehead atoms. The van der Waals surface area contributed by atoms with E-state index in [4.69, 9.17) is 0 Å². The number of sulfonamides is 1. The molecule has 1 atom stereocenters. The fourth-order valence-electron chi connectivity index (χ4n) is 3.95. The van der Waals surface area contributed by atoms with Gasteiger partial charge in [0.2, 0.25) is 10.0 Å². The Hall–Kier alpha value is -2.69. The molecule has 1 aliphatic heterocycles. The SMILES string of the molecule is C=CCn1c(=NC(=O)c2ccc(S(=O)(=O)N3CCCC(C)C3)cc2)sc2cc(F)cc(F)c21. The predicted molar refractivity (Wildman–Crippen MR) is 123 cm³/mol. The summed E-state index contributed by atoms with van der Waals surface area (Å²) in [6, 6.07) is 7.59. The highest BCUT2D eigenvalue weighted by Gasteiger charge is 2.28. The van der Waals surface area contributed by atoms with Crippen LogP contribution in [-0.2, 0) is 16.6 Å². The van der Waals surface area contributed by atoms with Gasteiger partial charge in [-0.25, -0.2) is 17.2 Å². The lowest BCUT2D eigenvalue weighted by molar-refractivity contribution is 0.0997. The Labute approximate surface area is 194 Å². The number of rotatable bonds is 5. The molecule has 1 saturated heterocycles. The number of nitrogens with zero attached hydrogens (tertiary/aromatic N) is 3. The van der Waals surface area contributed by atoms with Crippen LogP contribution in [0.1, 0.15) is 30.1 Å². The number of piperidine rings is 1. The zero-order valence-corrected chi connectivity index (χ0v) is 19.6. The van der Waals surface area contributed by atoms with Crippen molar-refractivity contribution in [3.8, 4) is 0 Å². The lowest BCUT2D eigenvalue weighted by atomic mass is 10.0. The molecule has 1 unspecified atom stereocenters. The maximum absolute atomic E-state index is 14.4. The lowest BCUT2D eigenvalue weighted by Gasteiger charge is -2.30. The summed E-state index contributed by atoms with van der Waals surface area (Å²) >= 11 is 0.987. The fraction of sp³-hybridized carbons (Fsp3) is 0.304. The standard InChI is InChI=1S/C23H23F2N3O3S2/c1-3-10-28-21-19(25)12-17(24)13-20(21)32-23(28)26-22(29)16-6-8-18(9-7-16)33(30,31)27-11-4-5-15(2)14-27/h3,6-9,12-13,15H,1,4-5,10-11,14H2,2H3. The molecule has 0 saturated carbocycles. The van der Waals surface area contributed by atoms with Crippen molar-refractivity contribution in [2.24, 2.45) is 10.9 Å². The highest BCUT2D eigenvalue weighted by Crippen LogP contribution is 2.24. The Morgan fingerprint density at radius 1 is 1.27 bits per heavy atom. The van der Waals surface area contributed by atoms with Crippen LogP contribution in [0.2, 0.25) is 0 Å². The minimum Gasteiger partial charge on any atom is -0.310 e. The molecule has 1 aliphatic rings. The maximum Gasteiger partial charge on any atom is 0.279 e. The number of fused-ring (bicyclic) bond motifs is 1. The lowest BCUT2D eigenvalue weighted by Crippen LogP contribution is -2.39. The predicted octanol–water partition coefficient (Wildman–Crippen LogP) is 4.33. The molecule has 4 rings (SSSR count). The fourth-order valence-corrected chi connectivity index (χ4v) is 6.62. The topological polar surface area (TPSA) is 71.7 Å². The molecule has 10 heteroatoms. The normalized spacial score (nSPS) is 18.0. The van der Waals surface area contributed by atoms with Crippen molar-refractivity contribution in [3.05, 3.63) is 71.1 Å². The number of thiazole rings is 1. The third kappa shape index (κ3) is 4.68. The van der Waals surface area contributed by atoms with Gasteiger partial charge in [-0.2, -0.15) is 9.30 Å². The molecular formula is C23H23F2N3O3S2. The summed E-state index contributed by atoms with van der Waals surface area (Å²) in [5.41, 5.74) is 0.334. The number of benzene rings is 2. The minimum absolute atomic E-state index is 0.120. The van der Waals surface area contributed by atoms with Gasteiger partial charge in [-0.1, -0.05) is 24.3 Å². The van der Waals surface area contributed by atoms with Gasteiger partial charge in [-0.15, -0.1) is 6.58 Å². The average molecular weight is 492 g/mol. The molecule has 3 aromatic rings. The van der Waals surface area contributed by atoms with Gasteiger partial charge in [0.1, 0.15) is 5.82 Å². The summed E-state index contributed by atoms with van der Waals surface area (Å²) in [5.74, 6) is -1.78. The minimum atomic E-state index is -3.64. The molecule has 1 fully saturated rings. The molecule has 1 aromatic heterocycles. The van der Waals surface area contributed by atoms with E-state index in [1.54, 1.807) is 0 Å². The Morgan fingerprint density at radius 2 is 2.00 bits per heavy atom. The maximum atomic E-state index is 14.4. The molecule has 1 amide bonds. The molecule has 6 nitrogen and oxygen atoms in total. The summed E-state index contributed by atoms with van der Waals surface area (Å²) in [4.78, 5) is 17.2. The second-order valence-electron chi connectivity index (χ2n) is 8.07. The molecule has 0 spiro atoms. The van der Waals surface area contributed by atoms with E-state index in [2.05, 4.69) is 11.6 Å². The van der Waals surface area contributed by atoms with Gasteiger partial charge in [0, 0.05) is 31.3 Å². The molecule has 2 heterocycles. The summed E-state index contributed by atoms with van der Waals surface area (Å²) in [5, 5.41) is 0. The van der Waals surface area contributed by atoms with E-state index < -0.39 is 27.6 Å². The second kappa shape index (κ2) is 9.28. The van der Waals surface area contributed by atoms with Crippen LogP contribution < -0.4 is 4.80 Å². The van der Waals surface area contributed by atoms with Crippen molar-refractivity contribution < 1.29 is 22.0 Å². The van der Waals surface area contributed by atoms with Crippen LogP contribution in [0.4, 0.5) is 8.78 Å². The molecule has 2 aromatic carbocycles. The van der Waals surface area contributed by atoms with E-state index in [1.165, 1.54) is 45.3 Å². The molecule has 0 radical (unpaired) electrons. The quantitative estimate of drug-likeness (QED) is 0.499. The van der Waals surface area contributed by atoms with Crippen LogP contribution in [0.15, 0.2) is 58.9 Å². The second-order valence-corrected chi connectivity index (χ2v) is 11.0. The molecule has 33 heavy (non-hydrogen) atoms. The number of hydrogen-bond acceptors (Lipinski definition) is 4. The Kier molecular flexibility index (Phi) is 6.60. The number of carbonyl (C=O) groups excluding carboxylic acids is 1. The van der Waals surface area contributed by atoms with Crippen LogP contribution in [0, 0.1) is 17.6 Å². The highest BCUT2D eigenvalue weighted by atomic mass is 32.2. The van der Waals surface area contributed by atoms with E-state index in [0.717, 1.165) is 30.2 Å². The van der Waals surface area contributed by atoms with Crippen molar-refractivity contribution in [1.29, 1.82) is 0 Å². The van der Waals surface area contributed by atoms with Gasteiger partial charge in [-0.3, -0.25) is 4.79 Å². The number of allylic oxidation sites excluding steroid dienone is 1. The monoisotopic (exact) mass is 491 g/mol. The third-order valence-corrected chi connectivity index (χ3v) is 8.47. The van der Waals surface area contributed by atoms with E-state index in [-0.39, 0.29) is 27.3 Å². The van der Waals surface area contributed by atoms with Gasteiger partial charge in [-0.05, 0) is 49.1 Å². The van der Waals surface area contributed by atoms with Crippen LogP contribution in [-0.4, -0.2) is 36.3 Å². The van der Waals surface area contributed by atoms with Crippen molar-refractivity contribution in [1.82, 2.24) is 8.87 Å². The Bertz CT molecular complexity index is 1390. The van der Waals surface area contributed by atoms with Crippen molar-refractivity contribution >= 4 is 37.5 Å². The number of hydrogen-bond donors (Lipinski definition) is 0. The van der Waals surface area contributed by atoms with Crippen LogP contribution in [0.3, 0.4) is 0 Å². The molecule has 174 valence electrons.